The van der Waals surface area contributed by atoms with E-state index in [1.807, 2.05) is 0 Å². The van der Waals surface area contributed by atoms with E-state index >= 15 is 0 Å². The summed E-state index contributed by atoms with van der Waals surface area (Å²) >= 11 is 1.22. The van der Waals surface area contributed by atoms with Crippen LogP contribution < -0.4 is 0 Å². The Balaban J connectivity index is 2.28. The summed E-state index contributed by atoms with van der Waals surface area (Å²) in [5.74, 6) is -0.315. The summed E-state index contributed by atoms with van der Waals surface area (Å²) in [6.45, 7) is 3.96. The minimum absolute atomic E-state index is 0.255. The molecule has 5 nitrogen and oxygen atoms in total. The quantitative estimate of drug-likeness (QED) is 0.779. The van der Waals surface area contributed by atoms with Crippen LogP contribution in [-0.4, -0.2) is 30.4 Å². The highest BCUT2D eigenvalue weighted by Crippen LogP contribution is 2.39. The summed E-state index contributed by atoms with van der Waals surface area (Å²) in [5, 5.41) is -0.742. The average molecular weight is 308 g/mol. The second-order valence-electron chi connectivity index (χ2n) is 4.10. The molecule has 0 radical (unpaired) electrons. The van der Waals surface area contributed by atoms with Gasteiger partial charge in [-0.1, -0.05) is 0 Å². The van der Waals surface area contributed by atoms with Gasteiger partial charge in [-0.3, -0.25) is 4.79 Å². The van der Waals surface area contributed by atoms with Gasteiger partial charge in [-0.05, 0) is 38.1 Å². The predicted molar refractivity (Wildman–Crippen MR) is 79.4 cm³/mol. The highest BCUT2D eigenvalue weighted by Gasteiger charge is 2.34. The summed E-state index contributed by atoms with van der Waals surface area (Å²) in [6.07, 6.45) is 4.89. The molecule has 0 spiro atoms. The fraction of sp³-hybridized carbons (Fsp3) is 0.333. The maximum atomic E-state index is 12.1. The number of ether oxygens (including phenoxy) is 2. The molecule has 21 heavy (non-hydrogen) atoms. The van der Waals surface area contributed by atoms with Gasteiger partial charge in [0, 0.05) is 0 Å². The minimum atomic E-state index is -0.742. The van der Waals surface area contributed by atoms with Crippen LogP contribution in [-0.2, 0) is 19.1 Å². The van der Waals surface area contributed by atoms with Gasteiger partial charge in [0.25, 0.3) is 0 Å². The normalized spacial score (nSPS) is 17.7. The summed E-state index contributed by atoms with van der Waals surface area (Å²) in [4.78, 5) is 24.8. The van der Waals surface area contributed by atoms with Crippen LogP contribution in [0.3, 0.4) is 0 Å². The Hall–Kier alpha value is -1.95. The number of hydrogen-bond donors (Lipinski definition) is 0. The second-order valence-corrected chi connectivity index (χ2v) is 5.25. The molecule has 0 bridgehead atoms. The molecule has 6 heteroatoms. The first-order chi connectivity index (χ1) is 10.2. The lowest BCUT2D eigenvalue weighted by Gasteiger charge is -2.21. The number of allylic oxidation sites excluding steroid dienone is 2. The highest BCUT2D eigenvalue weighted by atomic mass is 32.2. The van der Waals surface area contributed by atoms with E-state index in [-0.39, 0.29) is 18.8 Å². The third-order valence-corrected chi connectivity index (χ3v) is 3.99. The van der Waals surface area contributed by atoms with Crippen molar-refractivity contribution in [1.29, 1.82) is 0 Å². The fourth-order valence-electron chi connectivity index (χ4n) is 1.82. The molecular weight excluding hydrogens is 292 g/mol. The smallest absolute Gasteiger partial charge is 0.335 e. The van der Waals surface area contributed by atoms with Gasteiger partial charge in [-0.2, -0.15) is 0 Å². The summed E-state index contributed by atoms with van der Waals surface area (Å²) in [7, 11) is 0. The maximum Gasteiger partial charge on any atom is 0.335 e. The zero-order valence-electron chi connectivity index (χ0n) is 11.8. The summed E-state index contributed by atoms with van der Waals surface area (Å²) in [5.41, 5.74) is 0.288. The van der Waals surface area contributed by atoms with Crippen LogP contribution in [0.5, 0.6) is 0 Å². The summed E-state index contributed by atoms with van der Waals surface area (Å²) in [6, 6.07) is 3.56. The molecule has 0 saturated heterocycles. The van der Waals surface area contributed by atoms with Crippen molar-refractivity contribution in [2.45, 2.75) is 19.1 Å². The van der Waals surface area contributed by atoms with Crippen molar-refractivity contribution >= 4 is 28.6 Å². The number of esters is 2. The van der Waals surface area contributed by atoms with E-state index in [1.165, 1.54) is 11.8 Å². The molecule has 0 N–H and O–H groups in total. The molecule has 1 aliphatic heterocycles. The number of carbonyl (C=O) groups is 2. The van der Waals surface area contributed by atoms with E-state index in [1.54, 1.807) is 44.4 Å². The monoisotopic (exact) mass is 308 g/mol. The van der Waals surface area contributed by atoms with Crippen LogP contribution in [0.15, 0.2) is 40.5 Å². The van der Waals surface area contributed by atoms with Gasteiger partial charge in [0.05, 0.1) is 30.0 Å². The molecule has 1 aliphatic rings. The molecule has 112 valence electrons. The van der Waals surface area contributed by atoms with Gasteiger partial charge >= 0.3 is 11.9 Å². The standard InChI is InChI=1S/C15H16O5S/c1-3-18-14(16)10-7-8-12(11-6-5-9-20-11)21-13(10)15(17)19-4-2/h5-9,13H,3-4H2,1-2H3. The van der Waals surface area contributed by atoms with Crippen molar-refractivity contribution in [2.75, 3.05) is 13.2 Å². The topological polar surface area (TPSA) is 65.7 Å². The predicted octanol–water partition coefficient (Wildman–Crippen LogP) is 2.79. The van der Waals surface area contributed by atoms with Crippen molar-refractivity contribution in [1.82, 2.24) is 0 Å². The van der Waals surface area contributed by atoms with Crippen LogP contribution in [0.2, 0.25) is 0 Å². The molecule has 0 aliphatic carbocycles. The first-order valence-corrected chi connectivity index (χ1v) is 7.51. The third kappa shape index (κ3) is 3.58. The van der Waals surface area contributed by atoms with E-state index in [9.17, 15) is 9.59 Å². The molecule has 1 unspecified atom stereocenters. The molecule has 2 rings (SSSR count). The minimum Gasteiger partial charge on any atom is -0.465 e. The van der Waals surface area contributed by atoms with Crippen molar-refractivity contribution in [3.8, 4) is 0 Å². The molecule has 1 aromatic rings. The van der Waals surface area contributed by atoms with E-state index in [0.29, 0.717) is 5.76 Å². The van der Waals surface area contributed by atoms with Gasteiger partial charge in [0.1, 0.15) is 11.0 Å². The largest absolute Gasteiger partial charge is 0.465 e. The fourth-order valence-corrected chi connectivity index (χ4v) is 2.92. The van der Waals surface area contributed by atoms with E-state index in [4.69, 9.17) is 13.9 Å². The Labute approximate surface area is 127 Å². The molecule has 1 aromatic heterocycles. The first kappa shape index (κ1) is 15.4. The lowest BCUT2D eigenvalue weighted by molar-refractivity contribution is -0.145. The maximum absolute atomic E-state index is 12.1. The number of hydrogen-bond acceptors (Lipinski definition) is 6. The van der Waals surface area contributed by atoms with Crippen LogP contribution in [0, 0.1) is 0 Å². The van der Waals surface area contributed by atoms with Gasteiger partial charge < -0.3 is 13.9 Å². The van der Waals surface area contributed by atoms with Crippen LogP contribution in [0.1, 0.15) is 19.6 Å². The Morgan fingerprint density at radius 2 is 2.00 bits per heavy atom. The molecule has 0 fully saturated rings. The van der Waals surface area contributed by atoms with Gasteiger partial charge in [-0.25, -0.2) is 4.79 Å². The third-order valence-electron chi connectivity index (χ3n) is 2.72. The molecule has 2 heterocycles. The number of carbonyl (C=O) groups excluding carboxylic acids is 2. The Kier molecular flexibility index (Phi) is 5.27. The number of furan rings is 1. The van der Waals surface area contributed by atoms with Crippen LogP contribution in [0.4, 0.5) is 0 Å². The molecular formula is C15H16O5S. The van der Waals surface area contributed by atoms with Crippen LogP contribution >= 0.6 is 11.8 Å². The van der Waals surface area contributed by atoms with Gasteiger partial charge in [-0.15, -0.1) is 11.8 Å². The number of rotatable bonds is 5. The lowest BCUT2D eigenvalue weighted by Crippen LogP contribution is -2.28. The van der Waals surface area contributed by atoms with Gasteiger partial charge in [0.15, 0.2) is 0 Å². The zero-order valence-corrected chi connectivity index (χ0v) is 12.6. The van der Waals surface area contributed by atoms with Crippen LogP contribution in [0.25, 0.3) is 4.91 Å². The first-order valence-electron chi connectivity index (χ1n) is 6.63. The van der Waals surface area contributed by atoms with E-state index in [0.717, 1.165) is 4.91 Å². The second kappa shape index (κ2) is 7.17. The van der Waals surface area contributed by atoms with Crippen molar-refractivity contribution in [3.05, 3.63) is 41.9 Å². The van der Waals surface area contributed by atoms with Crippen molar-refractivity contribution in [2.24, 2.45) is 0 Å². The SMILES string of the molecule is CCOC(=O)C1=CC=C(c2ccco2)SC1C(=O)OCC. The Morgan fingerprint density at radius 1 is 1.24 bits per heavy atom. The van der Waals surface area contributed by atoms with E-state index < -0.39 is 17.2 Å². The zero-order chi connectivity index (χ0) is 15.2. The molecule has 0 saturated carbocycles. The average Bonchev–Trinajstić information content (AvgIpc) is 3.01. The molecule has 0 amide bonds. The van der Waals surface area contributed by atoms with Crippen molar-refractivity contribution in [3.63, 3.8) is 0 Å². The van der Waals surface area contributed by atoms with Gasteiger partial charge in [0.2, 0.25) is 0 Å². The lowest BCUT2D eigenvalue weighted by atomic mass is 10.1. The summed E-state index contributed by atoms with van der Waals surface area (Å²) < 4.78 is 15.3. The highest BCUT2D eigenvalue weighted by molar-refractivity contribution is 8.09. The molecule has 1 atom stereocenters. The Morgan fingerprint density at radius 3 is 2.62 bits per heavy atom. The molecule has 0 aromatic carbocycles. The van der Waals surface area contributed by atoms with Crippen molar-refractivity contribution < 1.29 is 23.5 Å². The van der Waals surface area contributed by atoms with E-state index in [2.05, 4.69) is 0 Å². The Bertz CT molecular complexity index is 571. The number of thioether (sulfide) groups is 1.